The number of amides is 1. The van der Waals surface area contributed by atoms with Crippen LogP contribution >= 0.6 is 0 Å². The van der Waals surface area contributed by atoms with Crippen molar-refractivity contribution in [1.29, 1.82) is 0 Å². The molecule has 1 amide bonds. The number of benzene rings is 1. The molecule has 0 bridgehead atoms. The Balaban J connectivity index is 1.96. The fourth-order valence-corrected chi connectivity index (χ4v) is 2.42. The predicted octanol–water partition coefficient (Wildman–Crippen LogP) is 2.90. The highest BCUT2D eigenvalue weighted by molar-refractivity contribution is 5.68. The van der Waals surface area contributed by atoms with Crippen LogP contribution in [0.25, 0.3) is 0 Å². The third-order valence-electron chi connectivity index (χ3n) is 3.47. The molecule has 1 aliphatic heterocycles. The summed E-state index contributed by atoms with van der Waals surface area (Å²) in [7, 11) is 0. The van der Waals surface area contributed by atoms with Crippen LogP contribution in [0.5, 0.6) is 0 Å². The molecule has 1 aromatic rings. The van der Waals surface area contributed by atoms with E-state index in [1.165, 1.54) is 5.56 Å². The van der Waals surface area contributed by atoms with Gasteiger partial charge in [-0.1, -0.05) is 24.3 Å². The Hall–Kier alpha value is -1.55. The average molecular weight is 277 g/mol. The molecule has 0 radical (unpaired) electrons. The van der Waals surface area contributed by atoms with Crippen LogP contribution in [0.3, 0.4) is 0 Å². The molecule has 1 fully saturated rings. The zero-order valence-electron chi connectivity index (χ0n) is 12.4. The van der Waals surface area contributed by atoms with Gasteiger partial charge < -0.3 is 14.7 Å². The number of aliphatic hydroxyl groups excluding tert-OH is 1. The zero-order valence-corrected chi connectivity index (χ0v) is 12.4. The summed E-state index contributed by atoms with van der Waals surface area (Å²) in [5.41, 5.74) is 1.68. The number of ether oxygens (including phenoxy) is 1. The molecule has 1 unspecified atom stereocenters. The van der Waals surface area contributed by atoms with Gasteiger partial charge >= 0.3 is 6.09 Å². The molecule has 1 aromatic carbocycles. The Kier molecular flexibility index (Phi) is 4.33. The van der Waals surface area contributed by atoms with Gasteiger partial charge in [0.05, 0.1) is 6.61 Å². The summed E-state index contributed by atoms with van der Waals surface area (Å²) in [6.45, 7) is 7.15. The van der Waals surface area contributed by atoms with Crippen molar-refractivity contribution in [2.24, 2.45) is 0 Å². The van der Waals surface area contributed by atoms with Crippen LogP contribution in [0.4, 0.5) is 4.79 Å². The second-order valence-electron chi connectivity index (χ2n) is 6.31. The quantitative estimate of drug-likeness (QED) is 0.904. The molecule has 0 aliphatic carbocycles. The Morgan fingerprint density at radius 2 is 2.00 bits per heavy atom. The molecule has 2 rings (SSSR count). The molecule has 0 aromatic heterocycles. The first kappa shape index (κ1) is 14.9. The lowest BCUT2D eigenvalue weighted by Gasteiger charge is -2.24. The van der Waals surface area contributed by atoms with Gasteiger partial charge in [0.15, 0.2) is 0 Å². The number of carbonyl (C=O) groups is 1. The number of aliphatic hydroxyl groups is 1. The Morgan fingerprint density at radius 1 is 1.35 bits per heavy atom. The lowest BCUT2D eigenvalue weighted by atomic mass is 9.97. The van der Waals surface area contributed by atoms with Crippen LogP contribution in [-0.4, -0.2) is 34.8 Å². The van der Waals surface area contributed by atoms with E-state index in [-0.39, 0.29) is 12.7 Å². The molecule has 1 aliphatic rings. The largest absolute Gasteiger partial charge is 0.444 e. The molecular formula is C16H23NO3. The summed E-state index contributed by atoms with van der Waals surface area (Å²) in [5.74, 6) is 0.357. The molecule has 0 saturated carbocycles. The minimum absolute atomic E-state index is 0.0645. The van der Waals surface area contributed by atoms with Crippen molar-refractivity contribution >= 4 is 6.09 Å². The van der Waals surface area contributed by atoms with Crippen LogP contribution in [0, 0.1) is 0 Å². The average Bonchev–Trinajstić information content (AvgIpc) is 2.86. The highest BCUT2D eigenvalue weighted by Crippen LogP contribution is 2.28. The Bertz CT molecular complexity index is 462. The van der Waals surface area contributed by atoms with Gasteiger partial charge in [-0.2, -0.15) is 0 Å². The smallest absolute Gasteiger partial charge is 0.410 e. The summed E-state index contributed by atoms with van der Waals surface area (Å²) in [4.78, 5) is 13.8. The van der Waals surface area contributed by atoms with Crippen molar-refractivity contribution in [3.63, 3.8) is 0 Å². The maximum atomic E-state index is 12.0. The van der Waals surface area contributed by atoms with E-state index in [0.717, 1.165) is 18.5 Å². The zero-order chi connectivity index (χ0) is 14.8. The van der Waals surface area contributed by atoms with Gasteiger partial charge in [-0.15, -0.1) is 0 Å². The fourth-order valence-electron chi connectivity index (χ4n) is 2.42. The number of nitrogens with zero attached hydrogens (tertiary/aromatic N) is 1. The van der Waals surface area contributed by atoms with Gasteiger partial charge in [0, 0.05) is 19.0 Å². The topological polar surface area (TPSA) is 49.8 Å². The van der Waals surface area contributed by atoms with E-state index in [0.29, 0.717) is 12.5 Å². The normalized spacial score (nSPS) is 19.2. The Labute approximate surface area is 120 Å². The summed E-state index contributed by atoms with van der Waals surface area (Å²) < 4.78 is 5.40. The lowest BCUT2D eigenvalue weighted by molar-refractivity contribution is 0.0292. The van der Waals surface area contributed by atoms with Crippen LogP contribution in [-0.2, 0) is 11.3 Å². The highest BCUT2D eigenvalue weighted by Gasteiger charge is 2.30. The van der Waals surface area contributed by atoms with Crippen LogP contribution in [0.2, 0.25) is 0 Å². The molecule has 1 N–H and O–H groups in total. The van der Waals surface area contributed by atoms with E-state index in [9.17, 15) is 4.79 Å². The van der Waals surface area contributed by atoms with Gasteiger partial charge in [-0.3, -0.25) is 0 Å². The molecule has 1 heterocycles. The van der Waals surface area contributed by atoms with Gasteiger partial charge in [-0.25, -0.2) is 4.79 Å². The fraction of sp³-hybridized carbons (Fsp3) is 0.562. The molecular weight excluding hydrogens is 254 g/mol. The van der Waals surface area contributed by atoms with E-state index in [1.807, 2.05) is 45.0 Å². The van der Waals surface area contributed by atoms with Gasteiger partial charge in [0.25, 0.3) is 0 Å². The molecule has 20 heavy (non-hydrogen) atoms. The second-order valence-corrected chi connectivity index (χ2v) is 6.31. The van der Waals surface area contributed by atoms with Gasteiger partial charge in [-0.05, 0) is 38.3 Å². The van der Waals surface area contributed by atoms with Crippen molar-refractivity contribution in [1.82, 2.24) is 4.90 Å². The predicted molar refractivity (Wildman–Crippen MR) is 77.5 cm³/mol. The molecule has 0 spiro atoms. The summed E-state index contributed by atoms with van der Waals surface area (Å²) >= 11 is 0. The molecule has 110 valence electrons. The minimum atomic E-state index is -0.446. The highest BCUT2D eigenvalue weighted by atomic mass is 16.6. The minimum Gasteiger partial charge on any atom is -0.444 e. The number of hydrogen-bond acceptors (Lipinski definition) is 3. The Morgan fingerprint density at radius 3 is 2.55 bits per heavy atom. The van der Waals surface area contributed by atoms with Crippen molar-refractivity contribution < 1.29 is 14.6 Å². The number of likely N-dealkylation sites (tertiary alicyclic amines) is 1. The number of rotatable bonds is 2. The van der Waals surface area contributed by atoms with Crippen molar-refractivity contribution in [2.45, 2.75) is 45.3 Å². The monoisotopic (exact) mass is 277 g/mol. The van der Waals surface area contributed by atoms with Crippen molar-refractivity contribution in [3.05, 3.63) is 35.4 Å². The van der Waals surface area contributed by atoms with Crippen molar-refractivity contribution in [2.75, 3.05) is 13.1 Å². The van der Waals surface area contributed by atoms with E-state index in [2.05, 4.69) is 0 Å². The first-order valence-electron chi connectivity index (χ1n) is 7.06. The van der Waals surface area contributed by atoms with E-state index in [4.69, 9.17) is 9.84 Å². The maximum Gasteiger partial charge on any atom is 0.410 e. The maximum absolute atomic E-state index is 12.0. The van der Waals surface area contributed by atoms with Crippen LogP contribution < -0.4 is 0 Å². The SMILES string of the molecule is CC(C)(C)OC(=O)N1CCC(c2ccc(CO)cc2)C1. The first-order valence-corrected chi connectivity index (χ1v) is 7.06. The van der Waals surface area contributed by atoms with E-state index < -0.39 is 5.60 Å². The first-order chi connectivity index (χ1) is 9.39. The third kappa shape index (κ3) is 3.73. The number of carbonyl (C=O) groups excluding carboxylic acids is 1. The van der Waals surface area contributed by atoms with E-state index >= 15 is 0 Å². The summed E-state index contributed by atoms with van der Waals surface area (Å²) in [6, 6.07) is 7.95. The number of hydrogen-bond donors (Lipinski definition) is 1. The van der Waals surface area contributed by atoms with Crippen molar-refractivity contribution in [3.8, 4) is 0 Å². The van der Waals surface area contributed by atoms with Crippen LogP contribution in [0.15, 0.2) is 24.3 Å². The molecule has 4 nitrogen and oxygen atoms in total. The lowest BCUT2D eigenvalue weighted by Crippen LogP contribution is -2.35. The van der Waals surface area contributed by atoms with Gasteiger partial charge in [0.1, 0.15) is 5.60 Å². The summed E-state index contributed by atoms with van der Waals surface area (Å²) in [6.07, 6.45) is 0.726. The molecule has 1 atom stereocenters. The summed E-state index contributed by atoms with van der Waals surface area (Å²) in [5, 5.41) is 9.05. The second kappa shape index (κ2) is 5.83. The standard InChI is InChI=1S/C16H23NO3/c1-16(2,3)20-15(19)17-9-8-14(10-17)13-6-4-12(11-18)5-7-13/h4-7,14,18H,8-11H2,1-3H3. The molecule has 1 saturated heterocycles. The third-order valence-corrected chi connectivity index (χ3v) is 3.47. The molecule has 4 heteroatoms. The van der Waals surface area contributed by atoms with Gasteiger partial charge in [0.2, 0.25) is 0 Å². The van der Waals surface area contributed by atoms with E-state index in [1.54, 1.807) is 4.90 Å². The van der Waals surface area contributed by atoms with Crippen LogP contribution in [0.1, 0.15) is 44.2 Å².